The Balaban J connectivity index is 2.34. The molecule has 0 amide bonds. The van der Waals surface area contributed by atoms with E-state index in [1.807, 2.05) is 19.0 Å². The predicted octanol–water partition coefficient (Wildman–Crippen LogP) is -0.0596. The molecule has 1 aromatic rings. The zero-order valence-corrected chi connectivity index (χ0v) is 11.1. The molecule has 1 atom stereocenters. The van der Waals surface area contributed by atoms with Gasteiger partial charge in [-0.3, -0.25) is 0 Å². The fourth-order valence-corrected chi connectivity index (χ4v) is 2.08. The number of anilines is 3. The van der Waals surface area contributed by atoms with Crippen LogP contribution in [0.3, 0.4) is 0 Å². The minimum atomic E-state index is 0.118. The molecule has 2 N–H and O–H groups in total. The first-order valence-electron chi connectivity index (χ1n) is 6.14. The van der Waals surface area contributed by atoms with Gasteiger partial charge in [-0.1, -0.05) is 0 Å². The molecule has 7 heteroatoms. The summed E-state index contributed by atoms with van der Waals surface area (Å²) < 4.78 is 0. The van der Waals surface area contributed by atoms with Gasteiger partial charge >= 0.3 is 0 Å². The monoisotopic (exact) mass is 252 g/mol. The first-order chi connectivity index (χ1) is 8.65. The second-order valence-electron chi connectivity index (χ2n) is 4.58. The second kappa shape index (κ2) is 5.34. The van der Waals surface area contributed by atoms with E-state index in [2.05, 4.69) is 25.2 Å². The average Bonchev–Trinajstić information content (AvgIpc) is 2.86. The maximum atomic E-state index is 9.36. The Morgan fingerprint density at radius 2 is 2.17 bits per heavy atom. The van der Waals surface area contributed by atoms with E-state index < -0.39 is 0 Å². The van der Waals surface area contributed by atoms with Crippen molar-refractivity contribution in [3.63, 3.8) is 0 Å². The third-order valence-corrected chi connectivity index (χ3v) is 3.08. The van der Waals surface area contributed by atoms with Crippen molar-refractivity contribution < 1.29 is 5.11 Å². The highest BCUT2D eigenvalue weighted by molar-refractivity contribution is 5.45. The van der Waals surface area contributed by atoms with Gasteiger partial charge in [0.2, 0.25) is 17.8 Å². The van der Waals surface area contributed by atoms with Crippen LogP contribution in [-0.2, 0) is 0 Å². The van der Waals surface area contributed by atoms with Crippen molar-refractivity contribution in [2.24, 2.45) is 0 Å². The van der Waals surface area contributed by atoms with Gasteiger partial charge in [0.15, 0.2) is 0 Å². The Morgan fingerprint density at radius 1 is 1.39 bits per heavy atom. The van der Waals surface area contributed by atoms with E-state index in [4.69, 9.17) is 0 Å². The van der Waals surface area contributed by atoms with E-state index in [0.717, 1.165) is 19.4 Å². The molecule has 7 nitrogen and oxygen atoms in total. The van der Waals surface area contributed by atoms with Crippen LogP contribution < -0.4 is 15.1 Å². The number of rotatable bonds is 4. The summed E-state index contributed by atoms with van der Waals surface area (Å²) in [6.45, 7) is 1.02. The third kappa shape index (κ3) is 2.45. The summed E-state index contributed by atoms with van der Waals surface area (Å²) in [6.07, 6.45) is 2.04. The van der Waals surface area contributed by atoms with Gasteiger partial charge in [0.05, 0.1) is 12.6 Å². The summed E-state index contributed by atoms with van der Waals surface area (Å²) in [7, 11) is 5.57. The lowest BCUT2D eigenvalue weighted by atomic mass is 10.2. The van der Waals surface area contributed by atoms with E-state index in [1.165, 1.54) is 0 Å². The van der Waals surface area contributed by atoms with Crippen LogP contribution in [0.1, 0.15) is 12.8 Å². The molecule has 2 rings (SSSR count). The van der Waals surface area contributed by atoms with Crippen LogP contribution in [0.25, 0.3) is 0 Å². The van der Waals surface area contributed by atoms with Crippen molar-refractivity contribution in [1.29, 1.82) is 0 Å². The number of hydrogen-bond donors (Lipinski definition) is 2. The topological polar surface area (TPSA) is 77.4 Å². The van der Waals surface area contributed by atoms with Gasteiger partial charge in [-0.15, -0.1) is 0 Å². The highest BCUT2D eigenvalue weighted by atomic mass is 16.3. The van der Waals surface area contributed by atoms with Gasteiger partial charge in [0.1, 0.15) is 0 Å². The molecule has 100 valence electrons. The fourth-order valence-electron chi connectivity index (χ4n) is 2.08. The van der Waals surface area contributed by atoms with Crippen LogP contribution in [-0.4, -0.2) is 60.4 Å². The molecule has 1 saturated heterocycles. The summed E-state index contributed by atoms with van der Waals surface area (Å²) in [5.74, 6) is 1.80. The van der Waals surface area contributed by atoms with Crippen molar-refractivity contribution in [3.05, 3.63) is 0 Å². The summed E-state index contributed by atoms with van der Waals surface area (Å²) in [5, 5.41) is 12.3. The fraction of sp³-hybridized carbons (Fsp3) is 0.727. The molecule has 0 aliphatic carbocycles. The number of nitrogens with zero attached hydrogens (tertiary/aromatic N) is 5. The molecule has 0 aromatic carbocycles. The van der Waals surface area contributed by atoms with Gasteiger partial charge < -0.3 is 20.2 Å². The molecular weight excluding hydrogens is 232 g/mol. The van der Waals surface area contributed by atoms with Gasteiger partial charge in [-0.2, -0.15) is 15.0 Å². The van der Waals surface area contributed by atoms with E-state index in [9.17, 15) is 5.11 Å². The molecule has 0 saturated carbocycles. The van der Waals surface area contributed by atoms with Crippen LogP contribution in [0.15, 0.2) is 0 Å². The number of aliphatic hydroxyl groups is 1. The van der Waals surface area contributed by atoms with Crippen LogP contribution >= 0.6 is 0 Å². The SMILES string of the molecule is CNc1nc(N(C)C)nc(N2CCCC2CO)n1. The average molecular weight is 252 g/mol. The summed E-state index contributed by atoms with van der Waals surface area (Å²) in [4.78, 5) is 17.0. The first-order valence-corrected chi connectivity index (χ1v) is 6.14. The van der Waals surface area contributed by atoms with Crippen molar-refractivity contribution in [2.75, 3.05) is 49.4 Å². The molecular formula is C11H20N6O. The first kappa shape index (κ1) is 12.8. The zero-order valence-electron chi connectivity index (χ0n) is 11.1. The Kier molecular flexibility index (Phi) is 3.81. The summed E-state index contributed by atoms with van der Waals surface area (Å²) in [6, 6.07) is 0.118. The Bertz CT molecular complexity index is 411. The smallest absolute Gasteiger partial charge is 0.232 e. The Hall–Kier alpha value is -1.63. The molecule has 1 aliphatic heterocycles. The minimum absolute atomic E-state index is 0.118. The van der Waals surface area contributed by atoms with Gasteiger partial charge in [-0.25, -0.2) is 0 Å². The van der Waals surface area contributed by atoms with Crippen molar-refractivity contribution >= 4 is 17.8 Å². The quantitative estimate of drug-likeness (QED) is 0.777. The number of aliphatic hydroxyl groups excluding tert-OH is 1. The normalized spacial score (nSPS) is 19.1. The van der Waals surface area contributed by atoms with Crippen LogP contribution in [0, 0.1) is 0 Å². The van der Waals surface area contributed by atoms with Crippen LogP contribution in [0.2, 0.25) is 0 Å². The minimum Gasteiger partial charge on any atom is -0.394 e. The van der Waals surface area contributed by atoms with Crippen molar-refractivity contribution in [3.8, 4) is 0 Å². The lowest BCUT2D eigenvalue weighted by Crippen LogP contribution is -2.34. The zero-order chi connectivity index (χ0) is 13.1. The highest BCUT2D eigenvalue weighted by Gasteiger charge is 2.27. The number of hydrogen-bond acceptors (Lipinski definition) is 7. The summed E-state index contributed by atoms with van der Waals surface area (Å²) >= 11 is 0. The highest BCUT2D eigenvalue weighted by Crippen LogP contribution is 2.24. The maximum Gasteiger partial charge on any atom is 0.232 e. The maximum absolute atomic E-state index is 9.36. The summed E-state index contributed by atoms with van der Waals surface area (Å²) in [5.41, 5.74) is 0. The van der Waals surface area contributed by atoms with Gasteiger partial charge in [0.25, 0.3) is 0 Å². The lowest BCUT2D eigenvalue weighted by molar-refractivity contribution is 0.265. The van der Waals surface area contributed by atoms with Crippen molar-refractivity contribution in [2.45, 2.75) is 18.9 Å². The third-order valence-electron chi connectivity index (χ3n) is 3.08. The van der Waals surface area contributed by atoms with Crippen LogP contribution in [0.5, 0.6) is 0 Å². The molecule has 0 radical (unpaired) electrons. The second-order valence-corrected chi connectivity index (χ2v) is 4.58. The molecule has 1 unspecified atom stereocenters. The van der Waals surface area contributed by atoms with E-state index in [0.29, 0.717) is 17.8 Å². The molecule has 0 bridgehead atoms. The standard InChI is InChI=1S/C11H20N6O/c1-12-9-13-10(16(2)3)15-11(14-9)17-6-4-5-8(17)7-18/h8,18H,4-7H2,1-3H3,(H,12,13,14,15). The van der Waals surface area contributed by atoms with Crippen molar-refractivity contribution in [1.82, 2.24) is 15.0 Å². The molecule has 2 heterocycles. The number of nitrogens with one attached hydrogen (secondary N) is 1. The van der Waals surface area contributed by atoms with Gasteiger partial charge in [0, 0.05) is 27.7 Å². The van der Waals surface area contributed by atoms with Gasteiger partial charge in [-0.05, 0) is 12.8 Å². The lowest BCUT2D eigenvalue weighted by Gasteiger charge is -2.24. The van der Waals surface area contributed by atoms with Crippen LogP contribution in [0.4, 0.5) is 17.8 Å². The van der Waals surface area contributed by atoms with E-state index >= 15 is 0 Å². The molecule has 1 aromatic heterocycles. The molecule has 1 aliphatic rings. The van der Waals surface area contributed by atoms with E-state index in [1.54, 1.807) is 7.05 Å². The Labute approximate surface area is 107 Å². The predicted molar refractivity (Wildman–Crippen MR) is 71.2 cm³/mol. The largest absolute Gasteiger partial charge is 0.394 e. The van der Waals surface area contributed by atoms with E-state index in [-0.39, 0.29) is 12.6 Å². The Morgan fingerprint density at radius 3 is 2.78 bits per heavy atom. The molecule has 1 fully saturated rings. The number of aromatic nitrogens is 3. The molecule has 18 heavy (non-hydrogen) atoms. The molecule has 0 spiro atoms.